The first kappa shape index (κ1) is 14.8. The first-order valence-corrected chi connectivity index (χ1v) is 5.72. The summed E-state index contributed by atoms with van der Waals surface area (Å²) in [6.07, 6.45) is 3.63. The van der Waals surface area contributed by atoms with Crippen LogP contribution in [0.2, 0.25) is 0 Å². The summed E-state index contributed by atoms with van der Waals surface area (Å²) in [6, 6.07) is 0. The van der Waals surface area contributed by atoms with E-state index in [1.807, 2.05) is 6.92 Å². The van der Waals surface area contributed by atoms with Crippen LogP contribution in [-0.2, 0) is 9.47 Å². The Balaban J connectivity index is 3.06. The van der Waals surface area contributed by atoms with Crippen molar-refractivity contribution in [2.45, 2.75) is 38.7 Å². The number of hydrogen-bond acceptors (Lipinski definition) is 4. The van der Waals surface area contributed by atoms with Crippen molar-refractivity contribution in [3.05, 3.63) is 0 Å². The minimum Gasteiger partial charge on any atom is -0.396 e. The number of hydrogen-bond donors (Lipinski definition) is 2. The maximum atomic E-state index is 8.55. The lowest BCUT2D eigenvalue weighted by atomic mass is 10.2. The van der Waals surface area contributed by atoms with Crippen LogP contribution in [0.25, 0.3) is 0 Å². The van der Waals surface area contributed by atoms with E-state index in [2.05, 4.69) is 0 Å². The minimum atomic E-state index is 0.0920. The Hall–Kier alpha value is -0.160. The van der Waals surface area contributed by atoms with Crippen LogP contribution in [0.15, 0.2) is 0 Å². The number of aliphatic hydroxyl groups is 2. The Bertz CT molecular complexity index is 119. The molecule has 0 saturated carbocycles. The molecule has 1 atom stereocenters. The zero-order valence-electron chi connectivity index (χ0n) is 9.65. The number of aliphatic hydroxyl groups excluding tert-OH is 2. The lowest BCUT2D eigenvalue weighted by Gasteiger charge is -2.12. The molecule has 0 rings (SSSR count). The number of unbranched alkanes of at least 4 members (excludes halogenated alkanes) is 2. The topological polar surface area (TPSA) is 58.9 Å². The molecule has 92 valence electrons. The van der Waals surface area contributed by atoms with Crippen LogP contribution in [0.4, 0.5) is 0 Å². The van der Waals surface area contributed by atoms with Gasteiger partial charge < -0.3 is 19.7 Å². The lowest BCUT2D eigenvalue weighted by Crippen LogP contribution is -2.17. The molecule has 0 aliphatic rings. The second kappa shape index (κ2) is 11.9. The van der Waals surface area contributed by atoms with Crippen molar-refractivity contribution in [1.82, 2.24) is 0 Å². The van der Waals surface area contributed by atoms with Crippen molar-refractivity contribution in [1.29, 1.82) is 0 Å². The predicted molar refractivity (Wildman–Crippen MR) is 58.9 cm³/mol. The molecule has 15 heavy (non-hydrogen) atoms. The second-order valence-electron chi connectivity index (χ2n) is 3.62. The van der Waals surface area contributed by atoms with Gasteiger partial charge in [0.2, 0.25) is 0 Å². The highest BCUT2D eigenvalue weighted by atomic mass is 16.5. The highest BCUT2D eigenvalue weighted by Crippen LogP contribution is 1.97. The van der Waals surface area contributed by atoms with Crippen LogP contribution in [0, 0.1) is 0 Å². The van der Waals surface area contributed by atoms with Crippen LogP contribution in [0.3, 0.4) is 0 Å². The highest BCUT2D eigenvalue weighted by Gasteiger charge is 2.01. The molecule has 0 saturated heterocycles. The van der Waals surface area contributed by atoms with E-state index in [9.17, 15) is 0 Å². The molecule has 0 fully saturated rings. The first-order valence-electron chi connectivity index (χ1n) is 5.72. The molecular weight excluding hydrogens is 196 g/mol. The Labute approximate surface area is 92.2 Å². The number of ether oxygens (including phenoxy) is 2. The molecule has 0 aromatic rings. The zero-order chi connectivity index (χ0) is 11.4. The van der Waals surface area contributed by atoms with E-state index in [0.29, 0.717) is 19.6 Å². The van der Waals surface area contributed by atoms with Crippen molar-refractivity contribution in [3.8, 4) is 0 Å². The number of rotatable bonds is 11. The van der Waals surface area contributed by atoms with Crippen LogP contribution in [0.5, 0.6) is 0 Å². The maximum absolute atomic E-state index is 8.55. The van der Waals surface area contributed by atoms with E-state index in [1.54, 1.807) is 0 Å². The highest BCUT2D eigenvalue weighted by molar-refractivity contribution is 4.48. The normalized spacial score (nSPS) is 13.0. The second-order valence-corrected chi connectivity index (χ2v) is 3.62. The van der Waals surface area contributed by atoms with Crippen molar-refractivity contribution in [2.75, 3.05) is 33.0 Å². The third-order valence-corrected chi connectivity index (χ3v) is 2.00. The summed E-state index contributed by atoms with van der Waals surface area (Å²) in [5.74, 6) is 0. The quantitative estimate of drug-likeness (QED) is 0.509. The predicted octanol–water partition coefficient (Wildman–Crippen LogP) is 0.953. The largest absolute Gasteiger partial charge is 0.396 e. The van der Waals surface area contributed by atoms with Crippen molar-refractivity contribution in [2.24, 2.45) is 0 Å². The standard InChI is InChI=1S/C11H24O4/c1-11(15-9-5-7-13)10-14-8-4-2-3-6-12/h11-13H,2-10H2,1H3. The van der Waals surface area contributed by atoms with Crippen molar-refractivity contribution < 1.29 is 19.7 Å². The summed E-state index contributed by atoms with van der Waals surface area (Å²) in [5.41, 5.74) is 0. The van der Waals surface area contributed by atoms with Gasteiger partial charge in [-0.25, -0.2) is 0 Å². The van der Waals surface area contributed by atoms with E-state index in [0.717, 1.165) is 25.9 Å². The smallest absolute Gasteiger partial charge is 0.0780 e. The molecule has 4 nitrogen and oxygen atoms in total. The van der Waals surface area contributed by atoms with Crippen LogP contribution < -0.4 is 0 Å². The monoisotopic (exact) mass is 220 g/mol. The van der Waals surface area contributed by atoms with Crippen molar-refractivity contribution >= 4 is 0 Å². The Morgan fingerprint density at radius 3 is 2.33 bits per heavy atom. The average Bonchev–Trinajstić information content (AvgIpc) is 2.23. The Morgan fingerprint density at radius 2 is 1.67 bits per heavy atom. The summed E-state index contributed by atoms with van der Waals surface area (Å²) >= 11 is 0. The van der Waals surface area contributed by atoms with Gasteiger partial charge in [-0.05, 0) is 32.6 Å². The van der Waals surface area contributed by atoms with E-state index >= 15 is 0 Å². The Kier molecular flexibility index (Phi) is 11.8. The van der Waals surface area contributed by atoms with Gasteiger partial charge in [-0.1, -0.05) is 0 Å². The maximum Gasteiger partial charge on any atom is 0.0780 e. The summed E-state index contributed by atoms with van der Waals surface area (Å²) < 4.78 is 10.8. The van der Waals surface area contributed by atoms with E-state index in [4.69, 9.17) is 19.7 Å². The molecule has 4 heteroatoms. The average molecular weight is 220 g/mol. The molecule has 1 unspecified atom stereocenters. The van der Waals surface area contributed by atoms with Gasteiger partial charge >= 0.3 is 0 Å². The fourth-order valence-corrected chi connectivity index (χ4v) is 1.14. The van der Waals surface area contributed by atoms with E-state index in [-0.39, 0.29) is 19.3 Å². The van der Waals surface area contributed by atoms with Gasteiger partial charge in [0.25, 0.3) is 0 Å². The Morgan fingerprint density at radius 1 is 0.933 bits per heavy atom. The summed E-state index contributed by atoms with van der Waals surface area (Å²) in [6.45, 7) is 4.32. The molecule has 0 amide bonds. The van der Waals surface area contributed by atoms with Gasteiger partial charge in [-0.2, -0.15) is 0 Å². The molecule has 2 N–H and O–H groups in total. The van der Waals surface area contributed by atoms with E-state index < -0.39 is 0 Å². The van der Waals surface area contributed by atoms with Gasteiger partial charge in [0.1, 0.15) is 0 Å². The molecule has 0 heterocycles. The van der Waals surface area contributed by atoms with E-state index in [1.165, 1.54) is 0 Å². The van der Waals surface area contributed by atoms with Gasteiger partial charge in [0.05, 0.1) is 12.7 Å². The fourth-order valence-electron chi connectivity index (χ4n) is 1.14. The molecule has 0 radical (unpaired) electrons. The van der Waals surface area contributed by atoms with Crippen LogP contribution in [-0.4, -0.2) is 49.4 Å². The molecule has 0 spiro atoms. The van der Waals surface area contributed by atoms with Crippen LogP contribution in [0.1, 0.15) is 32.6 Å². The molecular formula is C11H24O4. The van der Waals surface area contributed by atoms with Gasteiger partial charge in [0.15, 0.2) is 0 Å². The van der Waals surface area contributed by atoms with Gasteiger partial charge in [-0.15, -0.1) is 0 Å². The van der Waals surface area contributed by atoms with Gasteiger partial charge in [-0.3, -0.25) is 0 Å². The molecule has 0 bridgehead atoms. The lowest BCUT2D eigenvalue weighted by molar-refractivity contribution is -0.0114. The zero-order valence-corrected chi connectivity index (χ0v) is 9.65. The molecule has 0 aliphatic carbocycles. The van der Waals surface area contributed by atoms with Crippen molar-refractivity contribution in [3.63, 3.8) is 0 Å². The molecule has 0 aliphatic heterocycles. The molecule has 0 aromatic carbocycles. The third kappa shape index (κ3) is 11.8. The summed E-state index contributed by atoms with van der Waals surface area (Å²) in [7, 11) is 0. The van der Waals surface area contributed by atoms with Crippen LogP contribution >= 0.6 is 0 Å². The first-order chi connectivity index (χ1) is 7.31. The van der Waals surface area contributed by atoms with Gasteiger partial charge in [0, 0.05) is 26.4 Å². The summed E-state index contributed by atoms with van der Waals surface area (Å²) in [4.78, 5) is 0. The SMILES string of the molecule is CC(COCCCCCO)OCCCO. The molecule has 0 aromatic heterocycles. The fraction of sp³-hybridized carbons (Fsp3) is 1.00. The third-order valence-electron chi connectivity index (χ3n) is 2.00. The minimum absolute atomic E-state index is 0.0920. The summed E-state index contributed by atoms with van der Waals surface area (Å²) in [5, 5.41) is 17.1.